The summed E-state index contributed by atoms with van der Waals surface area (Å²) in [6, 6.07) is 6.44. The molecule has 6 rings (SSSR count). The van der Waals surface area contributed by atoms with Crippen molar-refractivity contribution in [1.82, 2.24) is 5.32 Å². The van der Waals surface area contributed by atoms with E-state index < -0.39 is 28.9 Å². The Bertz CT molecular complexity index is 1610. The Morgan fingerprint density at radius 1 is 0.942 bits per heavy atom. The van der Waals surface area contributed by atoms with E-state index in [-0.39, 0.29) is 57.6 Å². The first-order chi connectivity index (χ1) is 24.1. The van der Waals surface area contributed by atoms with E-state index in [4.69, 9.17) is 4.74 Å². The van der Waals surface area contributed by atoms with Gasteiger partial charge in [0.25, 0.3) is 0 Å². The molecule has 0 saturated heterocycles. The zero-order valence-corrected chi connectivity index (χ0v) is 33.2. The number of hydrogen-bond donors (Lipinski definition) is 3. The number of carbonyl (C=O) groups is 3. The molecule has 0 aliphatic heterocycles. The predicted molar refractivity (Wildman–Crippen MR) is 199 cm³/mol. The molecular weight excluding hydrogens is 657 g/mol. The first kappa shape index (κ1) is 39.1. The zero-order valence-electron chi connectivity index (χ0n) is 33.2. The Labute approximate surface area is 310 Å². The molecule has 0 radical (unpaired) electrons. The Morgan fingerprint density at radius 3 is 2.25 bits per heavy atom. The predicted octanol–water partition coefficient (Wildman–Crippen LogP) is 8.67. The highest BCUT2D eigenvalue weighted by Gasteiger charge is 2.70. The van der Waals surface area contributed by atoms with Crippen LogP contribution in [0.15, 0.2) is 35.4 Å². The molecule has 8 heteroatoms. The molecule has 0 spiro atoms. The normalized spacial score (nSPS) is 37.5. The maximum Gasteiger partial charge on any atom is 0.309 e. The van der Waals surface area contributed by atoms with E-state index in [1.165, 1.54) is 17.7 Å². The molecule has 5 aliphatic rings. The molecule has 4 saturated carbocycles. The number of aliphatic hydroxyl groups is 1. The van der Waals surface area contributed by atoms with E-state index in [9.17, 15) is 29.0 Å². The molecule has 1 aromatic carbocycles. The standard InChI is InChI=1S/C44H64FNO6/c1-26(2)36-30(47)22-44(33(48)25-46-24-27-10-12-28(45)13-11-27)21-20-42(8)29(37(36)44)14-15-32-41(7)18-17-34(52-35(49)23-39(3,4)38(50)51)40(5,6)31(41)16-19-43(32,42)9/h10-13,26,29,31-34,46,48H,14-25H2,1-9H3,(H,50,51)/t29-,31+,32?,33+,34+,41+,42-,43-,44+/m1/s1. The van der Waals surface area contributed by atoms with Gasteiger partial charge in [0.05, 0.1) is 17.9 Å². The quantitative estimate of drug-likeness (QED) is 0.207. The van der Waals surface area contributed by atoms with Crippen LogP contribution >= 0.6 is 0 Å². The van der Waals surface area contributed by atoms with Crippen molar-refractivity contribution in [2.45, 2.75) is 145 Å². The van der Waals surface area contributed by atoms with Crippen LogP contribution in [-0.2, 0) is 25.7 Å². The maximum atomic E-state index is 14.0. The molecule has 3 N–H and O–H groups in total. The first-order valence-electron chi connectivity index (χ1n) is 20.0. The van der Waals surface area contributed by atoms with Gasteiger partial charge in [0, 0.05) is 30.3 Å². The number of Topliss-reactive ketones (excluding diaryl/α,β-unsaturated/α-hetero) is 1. The van der Waals surface area contributed by atoms with Crippen LogP contribution in [0.3, 0.4) is 0 Å². The van der Waals surface area contributed by atoms with Gasteiger partial charge >= 0.3 is 11.9 Å². The van der Waals surface area contributed by atoms with Crippen molar-refractivity contribution >= 4 is 17.7 Å². The Hall–Kier alpha value is -2.58. The molecule has 0 amide bonds. The van der Waals surface area contributed by atoms with Gasteiger partial charge in [0.15, 0.2) is 5.78 Å². The molecule has 0 bridgehead atoms. The number of aliphatic carboxylic acids is 1. The molecule has 5 aliphatic carbocycles. The van der Waals surface area contributed by atoms with E-state index in [0.717, 1.165) is 62.5 Å². The zero-order chi connectivity index (χ0) is 38.2. The Balaban J connectivity index is 1.26. The van der Waals surface area contributed by atoms with Crippen LogP contribution in [0, 0.1) is 62.0 Å². The maximum absolute atomic E-state index is 14.0. The second-order valence-electron chi connectivity index (χ2n) is 19.8. The van der Waals surface area contributed by atoms with Crippen molar-refractivity contribution in [3.05, 3.63) is 46.8 Å². The molecule has 52 heavy (non-hydrogen) atoms. The average Bonchev–Trinajstić information content (AvgIpc) is 3.36. The van der Waals surface area contributed by atoms with E-state index in [2.05, 4.69) is 53.8 Å². The first-order valence-corrected chi connectivity index (χ1v) is 20.0. The third-order valence-electron chi connectivity index (χ3n) is 16.1. The third kappa shape index (κ3) is 6.01. The number of benzene rings is 1. The number of rotatable bonds is 10. The van der Waals surface area contributed by atoms with Crippen LogP contribution in [0.1, 0.15) is 132 Å². The molecule has 9 atom stereocenters. The summed E-state index contributed by atoms with van der Waals surface area (Å²) in [7, 11) is 0. The molecule has 1 unspecified atom stereocenters. The fraction of sp³-hybridized carbons (Fsp3) is 0.750. The van der Waals surface area contributed by atoms with Crippen molar-refractivity contribution in [2.24, 2.45) is 56.2 Å². The van der Waals surface area contributed by atoms with E-state index >= 15 is 0 Å². The molecule has 7 nitrogen and oxygen atoms in total. The van der Waals surface area contributed by atoms with Crippen molar-refractivity contribution in [2.75, 3.05) is 6.54 Å². The second kappa shape index (κ2) is 13.3. The summed E-state index contributed by atoms with van der Waals surface area (Å²) in [5.74, 6) is -0.356. The van der Waals surface area contributed by atoms with Crippen molar-refractivity contribution < 1.29 is 33.7 Å². The van der Waals surface area contributed by atoms with Crippen LogP contribution in [0.25, 0.3) is 0 Å². The summed E-state index contributed by atoms with van der Waals surface area (Å²) in [6.07, 6.45) is 6.91. The van der Waals surface area contributed by atoms with Gasteiger partial charge in [-0.05, 0) is 128 Å². The topological polar surface area (TPSA) is 113 Å². The second-order valence-corrected chi connectivity index (χ2v) is 19.8. The lowest BCUT2D eigenvalue weighted by Crippen LogP contribution is -2.66. The van der Waals surface area contributed by atoms with Crippen molar-refractivity contribution in [3.63, 3.8) is 0 Å². The van der Waals surface area contributed by atoms with Gasteiger partial charge in [-0.25, -0.2) is 4.39 Å². The van der Waals surface area contributed by atoms with Gasteiger partial charge < -0.3 is 20.3 Å². The number of carbonyl (C=O) groups excluding carboxylic acids is 2. The van der Waals surface area contributed by atoms with Gasteiger partial charge in [-0.2, -0.15) is 0 Å². The molecule has 1 aromatic rings. The number of fused-ring (bicyclic) bond motifs is 7. The molecule has 0 heterocycles. The minimum atomic E-state index is -1.17. The number of hydrogen-bond acceptors (Lipinski definition) is 6. The van der Waals surface area contributed by atoms with Gasteiger partial charge in [-0.3, -0.25) is 14.4 Å². The van der Waals surface area contributed by atoms with Gasteiger partial charge in [0.1, 0.15) is 11.9 Å². The SMILES string of the molecule is CC(C)C1=C2[C@H]3CCC4[C@@]5(C)CC[C@H](OC(=O)CC(C)(C)C(=O)O)C(C)(C)[C@@H]5CC[C@@]4(C)[C@]3(C)CC[C@@]2([C@@H](O)CNCc2ccc(F)cc2)CC1=O. The number of allylic oxidation sites excluding steroid dienone is 1. The minimum absolute atomic E-state index is 0.0327. The highest BCUT2D eigenvalue weighted by Crippen LogP contribution is 2.77. The number of esters is 1. The number of nitrogens with one attached hydrogen (secondary N) is 1. The number of ether oxygens (including phenoxy) is 1. The smallest absolute Gasteiger partial charge is 0.309 e. The molecule has 4 fully saturated rings. The lowest BCUT2D eigenvalue weighted by molar-refractivity contribution is -0.235. The fourth-order valence-electron chi connectivity index (χ4n) is 13.1. The van der Waals surface area contributed by atoms with Crippen LogP contribution in [0.2, 0.25) is 0 Å². The molecule has 0 aromatic heterocycles. The van der Waals surface area contributed by atoms with Crippen LogP contribution in [0.5, 0.6) is 0 Å². The minimum Gasteiger partial charge on any atom is -0.481 e. The van der Waals surface area contributed by atoms with Crippen molar-refractivity contribution in [3.8, 4) is 0 Å². The summed E-state index contributed by atoms with van der Waals surface area (Å²) in [5, 5.41) is 25.1. The largest absolute Gasteiger partial charge is 0.481 e. The average molecular weight is 722 g/mol. The van der Waals surface area contributed by atoms with Gasteiger partial charge in [-0.1, -0.05) is 66.2 Å². The lowest BCUT2D eigenvalue weighted by atomic mass is 9.33. The van der Waals surface area contributed by atoms with Gasteiger partial charge in [-0.15, -0.1) is 0 Å². The van der Waals surface area contributed by atoms with Crippen LogP contribution in [0.4, 0.5) is 4.39 Å². The summed E-state index contributed by atoms with van der Waals surface area (Å²) in [6.45, 7) is 20.4. The van der Waals surface area contributed by atoms with Crippen LogP contribution < -0.4 is 5.32 Å². The number of aliphatic hydroxyl groups excluding tert-OH is 1. The Morgan fingerprint density at radius 2 is 1.62 bits per heavy atom. The molecule has 288 valence electrons. The van der Waals surface area contributed by atoms with Gasteiger partial charge in [0.2, 0.25) is 0 Å². The third-order valence-corrected chi connectivity index (χ3v) is 16.1. The molecular formula is C44H64FNO6. The highest BCUT2D eigenvalue weighted by molar-refractivity contribution is 6.00. The number of ketones is 1. The Kier molecular flexibility index (Phi) is 10.0. The summed E-state index contributed by atoms with van der Waals surface area (Å²) >= 11 is 0. The number of carboxylic acid groups (broad SMARTS) is 1. The van der Waals surface area contributed by atoms with E-state index in [1.54, 1.807) is 26.0 Å². The van der Waals surface area contributed by atoms with Crippen molar-refractivity contribution in [1.29, 1.82) is 0 Å². The summed E-state index contributed by atoms with van der Waals surface area (Å²) in [4.78, 5) is 38.8. The summed E-state index contributed by atoms with van der Waals surface area (Å²) < 4.78 is 19.6. The monoisotopic (exact) mass is 721 g/mol. The fourth-order valence-corrected chi connectivity index (χ4v) is 13.1. The highest BCUT2D eigenvalue weighted by atomic mass is 19.1. The number of halogens is 1. The van der Waals surface area contributed by atoms with E-state index in [1.807, 2.05) is 0 Å². The number of carboxylic acids is 1. The van der Waals surface area contributed by atoms with Crippen LogP contribution in [-0.4, -0.2) is 46.7 Å². The summed E-state index contributed by atoms with van der Waals surface area (Å²) in [5.41, 5.74) is 1.22. The van der Waals surface area contributed by atoms with E-state index in [0.29, 0.717) is 31.3 Å². The lowest BCUT2D eigenvalue weighted by Gasteiger charge is -2.72.